The highest BCUT2D eigenvalue weighted by atomic mass is 32.2. The number of para-hydroxylation sites is 1. The molecule has 3 aromatic rings. The third kappa shape index (κ3) is 3.96. The van der Waals surface area contributed by atoms with Gasteiger partial charge in [0.25, 0.3) is 5.91 Å². The smallest absolute Gasteiger partial charge is 0.275 e. The molecule has 2 aromatic carbocycles. The Morgan fingerprint density at radius 3 is 2.43 bits per heavy atom. The summed E-state index contributed by atoms with van der Waals surface area (Å²) in [6.07, 6.45) is 3.07. The van der Waals surface area contributed by atoms with Gasteiger partial charge in [-0.25, -0.2) is 4.98 Å². The molecule has 0 unspecified atom stereocenters. The Hall–Kier alpha value is -2.66. The lowest BCUT2D eigenvalue weighted by atomic mass is 10.3. The Kier molecular flexibility index (Phi) is 4.68. The first kappa shape index (κ1) is 15.2. The number of hydrogen-bond donors (Lipinski definition) is 1. The predicted molar refractivity (Wildman–Crippen MR) is 91.7 cm³/mol. The van der Waals surface area contributed by atoms with Crippen molar-refractivity contribution in [2.45, 2.75) is 16.7 Å². The fourth-order valence-corrected chi connectivity index (χ4v) is 2.89. The van der Waals surface area contributed by atoms with Crippen molar-refractivity contribution in [2.24, 2.45) is 0 Å². The summed E-state index contributed by atoms with van der Waals surface area (Å²) in [7, 11) is 0. The SMILES string of the molecule is Cc1cnc(C(=O)Nc2ccccc2Sc2ccccc2)cn1. The van der Waals surface area contributed by atoms with E-state index in [0.717, 1.165) is 21.2 Å². The highest BCUT2D eigenvalue weighted by molar-refractivity contribution is 7.99. The second-order valence-corrected chi connectivity index (χ2v) is 6.02. The standard InChI is InChI=1S/C18H15N3OS/c1-13-11-20-16(12-19-13)18(22)21-15-9-5-6-10-17(15)23-14-7-3-2-4-8-14/h2-12H,1H3,(H,21,22). The summed E-state index contributed by atoms with van der Waals surface area (Å²) in [6, 6.07) is 17.7. The van der Waals surface area contributed by atoms with Crippen LogP contribution >= 0.6 is 11.8 Å². The molecule has 0 aliphatic rings. The topological polar surface area (TPSA) is 54.9 Å². The van der Waals surface area contributed by atoms with Crippen LogP contribution in [0.15, 0.2) is 76.8 Å². The maximum absolute atomic E-state index is 12.3. The highest BCUT2D eigenvalue weighted by Crippen LogP contribution is 2.33. The molecule has 0 aliphatic heterocycles. The average Bonchev–Trinajstić information content (AvgIpc) is 2.58. The van der Waals surface area contributed by atoms with Crippen molar-refractivity contribution in [3.63, 3.8) is 0 Å². The lowest BCUT2D eigenvalue weighted by molar-refractivity contribution is 0.102. The molecule has 1 amide bonds. The average molecular weight is 321 g/mol. The number of nitrogens with zero attached hydrogens (tertiary/aromatic N) is 2. The summed E-state index contributed by atoms with van der Waals surface area (Å²) in [5.41, 5.74) is 1.84. The van der Waals surface area contributed by atoms with Gasteiger partial charge in [0.05, 0.1) is 17.6 Å². The summed E-state index contributed by atoms with van der Waals surface area (Å²) in [5, 5.41) is 2.90. The highest BCUT2D eigenvalue weighted by Gasteiger charge is 2.11. The molecular formula is C18H15N3OS. The minimum atomic E-state index is -0.265. The van der Waals surface area contributed by atoms with Crippen LogP contribution in [0.25, 0.3) is 0 Å². The quantitative estimate of drug-likeness (QED) is 0.783. The Morgan fingerprint density at radius 2 is 1.70 bits per heavy atom. The van der Waals surface area contributed by atoms with Crippen molar-refractivity contribution < 1.29 is 4.79 Å². The fraction of sp³-hybridized carbons (Fsp3) is 0.0556. The minimum Gasteiger partial charge on any atom is -0.320 e. The van der Waals surface area contributed by atoms with Crippen LogP contribution in [0.5, 0.6) is 0 Å². The molecule has 1 N–H and O–H groups in total. The van der Waals surface area contributed by atoms with Crippen molar-refractivity contribution in [3.05, 3.63) is 78.4 Å². The first-order valence-electron chi connectivity index (χ1n) is 7.14. The second-order valence-electron chi connectivity index (χ2n) is 4.91. The molecule has 0 spiro atoms. The second kappa shape index (κ2) is 7.07. The molecule has 1 aromatic heterocycles. The molecule has 0 radical (unpaired) electrons. The van der Waals surface area contributed by atoms with Crippen LogP contribution in [0.2, 0.25) is 0 Å². The van der Waals surface area contributed by atoms with E-state index in [1.165, 1.54) is 6.20 Å². The van der Waals surface area contributed by atoms with Crippen molar-refractivity contribution in [1.82, 2.24) is 9.97 Å². The van der Waals surface area contributed by atoms with Crippen molar-refractivity contribution in [3.8, 4) is 0 Å². The lowest BCUT2D eigenvalue weighted by Gasteiger charge is -2.10. The first-order valence-corrected chi connectivity index (χ1v) is 7.96. The summed E-state index contributed by atoms with van der Waals surface area (Å²) in [6.45, 7) is 1.83. The molecule has 3 rings (SSSR count). The van der Waals surface area contributed by atoms with Crippen molar-refractivity contribution in [2.75, 3.05) is 5.32 Å². The van der Waals surface area contributed by atoms with Crippen LogP contribution in [-0.2, 0) is 0 Å². The van der Waals surface area contributed by atoms with Crippen LogP contribution in [0.4, 0.5) is 5.69 Å². The largest absolute Gasteiger partial charge is 0.320 e. The number of aryl methyl sites for hydroxylation is 1. The van der Waals surface area contributed by atoms with Crippen LogP contribution in [0.3, 0.4) is 0 Å². The van der Waals surface area contributed by atoms with Gasteiger partial charge in [0, 0.05) is 16.0 Å². The van der Waals surface area contributed by atoms with Gasteiger partial charge >= 0.3 is 0 Å². The molecule has 1 heterocycles. The zero-order valence-corrected chi connectivity index (χ0v) is 13.4. The van der Waals surface area contributed by atoms with E-state index >= 15 is 0 Å². The van der Waals surface area contributed by atoms with E-state index in [1.807, 2.05) is 61.5 Å². The number of aromatic nitrogens is 2. The van der Waals surface area contributed by atoms with Gasteiger partial charge < -0.3 is 5.32 Å². The molecule has 0 bridgehead atoms. The van der Waals surface area contributed by atoms with Crippen LogP contribution in [0.1, 0.15) is 16.2 Å². The monoisotopic (exact) mass is 321 g/mol. The number of benzene rings is 2. The molecule has 23 heavy (non-hydrogen) atoms. The van der Waals surface area contributed by atoms with E-state index in [4.69, 9.17) is 0 Å². The number of carbonyl (C=O) groups is 1. The number of carbonyl (C=O) groups excluding carboxylic acids is 1. The van der Waals surface area contributed by atoms with Gasteiger partial charge in [-0.1, -0.05) is 42.1 Å². The van der Waals surface area contributed by atoms with E-state index in [0.29, 0.717) is 5.69 Å². The van der Waals surface area contributed by atoms with Gasteiger partial charge in [-0.2, -0.15) is 0 Å². The third-order valence-electron chi connectivity index (χ3n) is 3.12. The zero-order chi connectivity index (χ0) is 16.1. The summed E-state index contributed by atoms with van der Waals surface area (Å²) in [4.78, 5) is 22.6. The Bertz CT molecular complexity index is 804. The Balaban J connectivity index is 1.80. The number of amides is 1. The van der Waals surface area contributed by atoms with Gasteiger partial charge in [-0.05, 0) is 31.2 Å². The molecule has 0 saturated heterocycles. The molecule has 0 atom stereocenters. The maximum atomic E-state index is 12.3. The number of anilines is 1. The van der Waals surface area contributed by atoms with E-state index in [9.17, 15) is 4.79 Å². The molecule has 0 saturated carbocycles. The van der Waals surface area contributed by atoms with Crippen molar-refractivity contribution >= 4 is 23.4 Å². The Labute approximate surface area is 139 Å². The minimum absolute atomic E-state index is 0.265. The molecule has 0 aliphatic carbocycles. The molecule has 4 nitrogen and oxygen atoms in total. The third-order valence-corrected chi connectivity index (χ3v) is 4.20. The van der Waals surface area contributed by atoms with Gasteiger partial charge in [0.2, 0.25) is 0 Å². The summed E-state index contributed by atoms with van der Waals surface area (Å²) in [5.74, 6) is -0.265. The maximum Gasteiger partial charge on any atom is 0.275 e. The number of rotatable bonds is 4. The van der Waals surface area contributed by atoms with Gasteiger partial charge in [0.1, 0.15) is 5.69 Å². The van der Waals surface area contributed by atoms with Gasteiger partial charge in [-0.3, -0.25) is 9.78 Å². The molecule has 0 fully saturated rings. The van der Waals surface area contributed by atoms with Gasteiger partial charge in [0.15, 0.2) is 0 Å². The van der Waals surface area contributed by atoms with E-state index in [1.54, 1.807) is 18.0 Å². The molecule has 5 heteroatoms. The normalized spacial score (nSPS) is 10.3. The lowest BCUT2D eigenvalue weighted by Crippen LogP contribution is -2.14. The summed E-state index contributed by atoms with van der Waals surface area (Å²) >= 11 is 1.60. The predicted octanol–water partition coefficient (Wildman–Crippen LogP) is 4.19. The van der Waals surface area contributed by atoms with Crippen LogP contribution < -0.4 is 5.32 Å². The van der Waals surface area contributed by atoms with Crippen molar-refractivity contribution in [1.29, 1.82) is 0 Å². The van der Waals surface area contributed by atoms with E-state index < -0.39 is 0 Å². The number of hydrogen-bond acceptors (Lipinski definition) is 4. The van der Waals surface area contributed by atoms with E-state index in [-0.39, 0.29) is 5.91 Å². The van der Waals surface area contributed by atoms with E-state index in [2.05, 4.69) is 15.3 Å². The number of nitrogens with one attached hydrogen (secondary N) is 1. The van der Waals surface area contributed by atoms with Crippen LogP contribution in [-0.4, -0.2) is 15.9 Å². The van der Waals surface area contributed by atoms with Gasteiger partial charge in [-0.15, -0.1) is 0 Å². The fourth-order valence-electron chi connectivity index (χ4n) is 1.97. The molecule has 114 valence electrons. The molecular weight excluding hydrogens is 306 g/mol. The summed E-state index contributed by atoms with van der Waals surface area (Å²) < 4.78 is 0. The first-order chi connectivity index (χ1) is 11.2. The zero-order valence-electron chi connectivity index (χ0n) is 12.6. The van der Waals surface area contributed by atoms with Crippen LogP contribution in [0, 0.1) is 6.92 Å². The Morgan fingerprint density at radius 1 is 0.957 bits per heavy atom.